The van der Waals surface area contributed by atoms with Crippen LogP contribution in [0.3, 0.4) is 0 Å². The van der Waals surface area contributed by atoms with E-state index in [4.69, 9.17) is 9.47 Å². The smallest absolute Gasteiger partial charge is 0.326 e. The number of fused-ring (bicyclic) bond motifs is 1. The third-order valence-electron chi connectivity index (χ3n) is 6.65. The molecule has 1 fully saturated rings. The van der Waals surface area contributed by atoms with Gasteiger partial charge in [0.2, 0.25) is 6.41 Å². The van der Waals surface area contributed by atoms with Gasteiger partial charge in [0.05, 0.1) is 12.2 Å². The lowest BCUT2D eigenvalue weighted by atomic mass is 9.85. The fraction of sp³-hybridized carbons (Fsp3) is 0.407. The summed E-state index contributed by atoms with van der Waals surface area (Å²) in [7, 11) is 0. The number of halogens is 2. The number of esters is 1. The van der Waals surface area contributed by atoms with Crippen molar-refractivity contribution >= 4 is 36.5 Å². The Labute approximate surface area is 226 Å². The third-order valence-corrected chi connectivity index (χ3v) is 6.65. The van der Waals surface area contributed by atoms with Gasteiger partial charge in [-0.3, -0.25) is 24.5 Å². The van der Waals surface area contributed by atoms with E-state index in [1.54, 1.807) is 32.0 Å². The van der Waals surface area contributed by atoms with E-state index in [1.807, 2.05) is 0 Å². The Morgan fingerprint density at radius 1 is 1.18 bits per heavy atom. The number of ether oxygens (including phenoxy) is 2. The molecule has 0 radical (unpaired) electrons. The molecule has 9 nitrogen and oxygen atoms in total. The average molecular weight is 548 g/mol. The molecule has 2 aromatic rings. The highest BCUT2D eigenvalue weighted by Gasteiger charge is 2.47. The fourth-order valence-electron chi connectivity index (χ4n) is 4.70. The molecule has 0 aromatic heterocycles. The van der Waals surface area contributed by atoms with Crippen molar-refractivity contribution in [3.63, 3.8) is 0 Å². The second kappa shape index (κ2) is 11.9. The van der Waals surface area contributed by atoms with E-state index in [0.717, 1.165) is 19.4 Å². The Kier molecular flexibility index (Phi) is 9.11. The van der Waals surface area contributed by atoms with E-state index in [1.165, 1.54) is 36.1 Å². The van der Waals surface area contributed by atoms with Crippen molar-refractivity contribution in [3.8, 4) is 5.75 Å². The molecule has 0 unspecified atom stereocenters. The van der Waals surface area contributed by atoms with Crippen LogP contribution < -0.4 is 15.4 Å². The number of rotatable bonds is 8. The molecular weight excluding hydrogens is 517 g/mol. The van der Waals surface area contributed by atoms with E-state index in [-0.39, 0.29) is 36.5 Å². The van der Waals surface area contributed by atoms with Gasteiger partial charge in [-0.05, 0) is 82.6 Å². The zero-order chi connectivity index (χ0) is 26.7. The standard InChI is InChI=1S/C27H30FN3O6.ClH/c1-16(33)18-8-11-21-20(13-18)24(30-26(35)17-6-9-19(28)10-7-17)25(27(2,3)37-21)36-23(34)14-31(15-32)22-5-4-12-29-22;/h6-11,13,15,22,24-25,29H,4-5,12,14H2,1-3H3,(H,30,35);1H/t22-,24+,25+;/m0./s1. The van der Waals surface area contributed by atoms with Crippen LogP contribution in [0.15, 0.2) is 42.5 Å². The summed E-state index contributed by atoms with van der Waals surface area (Å²) in [5, 5.41) is 6.05. The molecule has 2 amide bonds. The highest BCUT2D eigenvalue weighted by Crippen LogP contribution is 2.42. The summed E-state index contributed by atoms with van der Waals surface area (Å²) in [5.41, 5.74) is -0.0178. The predicted octanol–water partition coefficient (Wildman–Crippen LogP) is 3.17. The average Bonchev–Trinajstić information content (AvgIpc) is 3.39. The summed E-state index contributed by atoms with van der Waals surface area (Å²) < 4.78 is 25.4. The van der Waals surface area contributed by atoms with E-state index in [2.05, 4.69) is 10.6 Å². The second-order valence-electron chi connectivity index (χ2n) is 9.77. The fourth-order valence-corrected chi connectivity index (χ4v) is 4.70. The maximum atomic E-state index is 13.4. The summed E-state index contributed by atoms with van der Waals surface area (Å²) in [6, 6.07) is 9.01. The van der Waals surface area contributed by atoms with Gasteiger partial charge in [0.15, 0.2) is 11.9 Å². The molecule has 2 aliphatic heterocycles. The van der Waals surface area contributed by atoms with Crippen molar-refractivity contribution in [2.75, 3.05) is 13.1 Å². The lowest BCUT2D eigenvalue weighted by Crippen LogP contribution is -2.56. The number of Topliss-reactive ketones (excluding diaryl/α,β-unsaturated/α-hetero) is 1. The zero-order valence-corrected chi connectivity index (χ0v) is 22.2. The topological polar surface area (TPSA) is 114 Å². The molecule has 38 heavy (non-hydrogen) atoms. The lowest BCUT2D eigenvalue weighted by molar-refractivity contribution is -0.168. The van der Waals surface area contributed by atoms with Crippen LogP contribution in [-0.4, -0.2) is 59.9 Å². The molecule has 0 saturated carbocycles. The molecule has 2 aromatic carbocycles. The van der Waals surface area contributed by atoms with E-state index < -0.39 is 35.4 Å². The summed E-state index contributed by atoms with van der Waals surface area (Å²) in [6.45, 7) is 5.33. The van der Waals surface area contributed by atoms with Crippen molar-refractivity contribution in [1.82, 2.24) is 15.5 Å². The van der Waals surface area contributed by atoms with Crippen LogP contribution in [0.2, 0.25) is 0 Å². The molecule has 2 aliphatic rings. The first-order valence-electron chi connectivity index (χ1n) is 12.1. The summed E-state index contributed by atoms with van der Waals surface area (Å²) in [4.78, 5) is 51.3. The molecule has 4 rings (SSSR count). The number of hydrogen-bond donors (Lipinski definition) is 2. The third kappa shape index (κ3) is 6.31. The van der Waals surface area contributed by atoms with E-state index in [0.29, 0.717) is 23.3 Å². The van der Waals surface area contributed by atoms with Crippen molar-refractivity contribution < 1.29 is 33.0 Å². The Hall–Kier alpha value is -3.50. The molecule has 3 atom stereocenters. The highest BCUT2D eigenvalue weighted by molar-refractivity contribution is 5.96. The number of amides is 2. The maximum absolute atomic E-state index is 13.4. The minimum atomic E-state index is -1.08. The van der Waals surface area contributed by atoms with Crippen molar-refractivity contribution in [2.45, 2.75) is 57.5 Å². The first kappa shape index (κ1) is 29.1. The highest BCUT2D eigenvalue weighted by atomic mass is 35.5. The van der Waals surface area contributed by atoms with Crippen LogP contribution in [0.1, 0.15) is 65.9 Å². The first-order valence-corrected chi connectivity index (χ1v) is 12.1. The molecule has 2 heterocycles. The number of nitrogens with zero attached hydrogens (tertiary/aromatic N) is 1. The van der Waals surface area contributed by atoms with Gasteiger partial charge in [-0.25, -0.2) is 4.39 Å². The van der Waals surface area contributed by atoms with Crippen LogP contribution in [0, 0.1) is 5.82 Å². The normalized spacial score (nSPS) is 21.2. The Morgan fingerprint density at radius 2 is 1.87 bits per heavy atom. The van der Waals surface area contributed by atoms with Crippen LogP contribution in [-0.2, 0) is 14.3 Å². The molecule has 0 bridgehead atoms. The molecule has 11 heteroatoms. The summed E-state index contributed by atoms with van der Waals surface area (Å²) in [5.74, 6) is -1.43. The van der Waals surface area contributed by atoms with Gasteiger partial charge in [0.1, 0.15) is 23.7 Å². The first-order chi connectivity index (χ1) is 17.6. The summed E-state index contributed by atoms with van der Waals surface area (Å²) >= 11 is 0. The number of ketones is 1. The zero-order valence-electron chi connectivity index (χ0n) is 21.4. The number of benzene rings is 2. The van der Waals surface area contributed by atoms with Crippen molar-refractivity contribution in [1.29, 1.82) is 0 Å². The number of carbonyl (C=O) groups excluding carboxylic acids is 4. The SMILES string of the molecule is CC(=O)c1ccc2c(c1)[C@@H](NC(=O)c1ccc(F)cc1)[C@@H](OC(=O)CN(C=O)[C@H]1CCCN1)C(C)(C)O2.Cl. The van der Waals surface area contributed by atoms with Crippen LogP contribution in [0.25, 0.3) is 0 Å². The molecular formula is C27H31ClFN3O6. The van der Waals surface area contributed by atoms with Gasteiger partial charge in [0, 0.05) is 16.7 Å². The monoisotopic (exact) mass is 547 g/mol. The molecule has 0 spiro atoms. The van der Waals surface area contributed by atoms with Gasteiger partial charge in [0.25, 0.3) is 5.91 Å². The minimum Gasteiger partial charge on any atom is -0.484 e. The number of hydrogen-bond acceptors (Lipinski definition) is 7. The quantitative estimate of drug-likeness (QED) is 0.296. The predicted molar refractivity (Wildman–Crippen MR) is 139 cm³/mol. The second-order valence-corrected chi connectivity index (χ2v) is 9.77. The van der Waals surface area contributed by atoms with Gasteiger partial charge in [-0.1, -0.05) is 0 Å². The van der Waals surface area contributed by atoms with Gasteiger partial charge < -0.3 is 19.7 Å². The van der Waals surface area contributed by atoms with Crippen molar-refractivity contribution in [3.05, 3.63) is 65.0 Å². The molecule has 204 valence electrons. The minimum absolute atomic E-state index is 0. The summed E-state index contributed by atoms with van der Waals surface area (Å²) in [6.07, 6.45) is 0.953. The van der Waals surface area contributed by atoms with Gasteiger partial charge in [-0.2, -0.15) is 0 Å². The molecule has 1 saturated heterocycles. The number of carbonyl (C=O) groups is 4. The largest absolute Gasteiger partial charge is 0.484 e. The number of nitrogens with one attached hydrogen (secondary N) is 2. The van der Waals surface area contributed by atoms with Gasteiger partial charge >= 0.3 is 5.97 Å². The Bertz CT molecular complexity index is 1200. The molecule has 0 aliphatic carbocycles. The van der Waals surface area contributed by atoms with E-state index in [9.17, 15) is 23.6 Å². The van der Waals surface area contributed by atoms with Crippen LogP contribution in [0.5, 0.6) is 5.75 Å². The Balaban J connectivity index is 0.00000400. The van der Waals surface area contributed by atoms with Crippen LogP contribution >= 0.6 is 12.4 Å². The molecule has 2 N–H and O–H groups in total. The van der Waals surface area contributed by atoms with Crippen molar-refractivity contribution in [2.24, 2.45) is 0 Å². The van der Waals surface area contributed by atoms with Gasteiger partial charge in [-0.15, -0.1) is 12.4 Å². The van der Waals surface area contributed by atoms with E-state index >= 15 is 0 Å². The Morgan fingerprint density at radius 3 is 2.47 bits per heavy atom. The van der Waals surface area contributed by atoms with Crippen LogP contribution in [0.4, 0.5) is 4.39 Å². The maximum Gasteiger partial charge on any atom is 0.326 e. The lowest BCUT2D eigenvalue weighted by Gasteiger charge is -2.44.